The Morgan fingerprint density at radius 3 is 2.72 bits per heavy atom. The van der Waals surface area contributed by atoms with Gasteiger partial charge in [0, 0.05) is 11.0 Å². The van der Waals surface area contributed by atoms with Gasteiger partial charge in [0.25, 0.3) is 0 Å². The minimum Gasteiger partial charge on any atom is -0.397 e. The lowest BCUT2D eigenvalue weighted by Gasteiger charge is -2.10. The Kier molecular flexibility index (Phi) is 4.09. The van der Waals surface area contributed by atoms with Crippen molar-refractivity contribution >= 4 is 38.9 Å². The molecule has 0 aliphatic heterocycles. The number of nitrogen functional groups attached to an aromatic ring is 1. The largest absolute Gasteiger partial charge is 0.397 e. The smallest absolute Gasteiger partial charge is 0.141 e. The monoisotopic (exact) mass is 328 g/mol. The average molecular weight is 330 g/mol. The molecule has 0 aliphatic rings. The second-order valence-electron chi connectivity index (χ2n) is 3.83. The number of rotatable bonds is 3. The summed E-state index contributed by atoms with van der Waals surface area (Å²) < 4.78 is 13.9. The molecule has 2 rings (SSSR count). The van der Waals surface area contributed by atoms with Gasteiger partial charge in [-0.1, -0.05) is 33.6 Å². The lowest BCUT2D eigenvalue weighted by molar-refractivity contribution is 0.627. The fraction of sp³-hybridized carbons (Fsp3) is 0.0769. The highest BCUT2D eigenvalue weighted by Gasteiger charge is 2.03. The highest BCUT2D eigenvalue weighted by Crippen LogP contribution is 2.24. The molecule has 0 unspecified atom stereocenters. The second-order valence-corrected chi connectivity index (χ2v) is 5.16. The van der Waals surface area contributed by atoms with Crippen LogP contribution in [-0.4, -0.2) is 0 Å². The van der Waals surface area contributed by atoms with Gasteiger partial charge in [0.05, 0.1) is 16.4 Å². The van der Waals surface area contributed by atoms with Crippen LogP contribution in [0, 0.1) is 5.82 Å². The van der Waals surface area contributed by atoms with Crippen LogP contribution in [0.5, 0.6) is 0 Å². The molecule has 18 heavy (non-hydrogen) atoms. The molecule has 2 nitrogen and oxygen atoms in total. The Hall–Kier alpha value is -1.26. The summed E-state index contributed by atoms with van der Waals surface area (Å²) >= 11 is 9.09. The van der Waals surface area contributed by atoms with Crippen LogP contribution >= 0.6 is 27.5 Å². The van der Waals surface area contributed by atoms with Crippen molar-refractivity contribution in [2.24, 2.45) is 0 Å². The summed E-state index contributed by atoms with van der Waals surface area (Å²) in [5, 5.41) is 3.30. The Morgan fingerprint density at radius 1 is 1.22 bits per heavy atom. The summed E-state index contributed by atoms with van der Waals surface area (Å²) in [5.41, 5.74) is 8.21. The lowest BCUT2D eigenvalue weighted by atomic mass is 10.2. The van der Waals surface area contributed by atoms with Crippen LogP contribution < -0.4 is 11.1 Å². The van der Waals surface area contributed by atoms with E-state index in [1.165, 1.54) is 6.07 Å². The first-order chi connectivity index (χ1) is 8.56. The maximum Gasteiger partial charge on any atom is 0.141 e. The number of hydrogen-bond donors (Lipinski definition) is 2. The van der Waals surface area contributed by atoms with E-state index in [0.717, 1.165) is 15.7 Å². The van der Waals surface area contributed by atoms with Crippen LogP contribution in [0.3, 0.4) is 0 Å². The molecule has 5 heteroatoms. The number of benzene rings is 2. The van der Waals surface area contributed by atoms with Gasteiger partial charge in [-0.25, -0.2) is 4.39 Å². The third-order valence-electron chi connectivity index (χ3n) is 2.48. The number of anilines is 2. The van der Waals surface area contributed by atoms with Crippen molar-refractivity contribution in [3.63, 3.8) is 0 Å². The van der Waals surface area contributed by atoms with Crippen molar-refractivity contribution in [1.82, 2.24) is 0 Å². The molecule has 0 aromatic heterocycles. The molecular weight excluding hydrogens is 319 g/mol. The van der Waals surface area contributed by atoms with Crippen LogP contribution in [0.2, 0.25) is 5.02 Å². The van der Waals surface area contributed by atoms with Gasteiger partial charge in [-0.05, 0) is 35.9 Å². The Bertz CT molecular complexity index is 575. The van der Waals surface area contributed by atoms with Gasteiger partial charge in [-0.2, -0.15) is 0 Å². The van der Waals surface area contributed by atoms with E-state index in [0.29, 0.717) is 12.2 Å². The molecule has 0 fully saturated rings. The SMILES string of the molecule is Nc1ccc(Br)cc1NCc1ccc(F)c(Cl)c1. The van der Waals surface area contributed by atoms with Crippen molar-refractivity contribution in [2.75, 3.05) is 11.1 Å². The molecule has 0 saturated heterocycles. The predicted molar refractivity (Wildman–Crippen MR) is 77.3 cm³/mol. The number of hydrogen-bond acceptors (Lipinski definition) is 2. The van der Waals surface area contributed by atoms with E-state index in [9.17, 15) is 4.39 Å². The zero-order valence-corrected chi connectivity index (χ0v) is 11.7. The molecule has 0 atom stereocenters. The van der Waals surface area contributed by atoms with Crippen LogP contribution in [0.25, 0.3) is 0 Å². The third kappa shape index (κ3) is 3.15. The lowest BCUT2D eigenvalue weighted by Crippen LogP contribution is -2.02. The highest BCUT2D eigenvalue weighted by molar-refractivity contribution is 9.10. The van der Waals surface area contributed by atoms with Gasteiger partial charge < -0.3 is 11.1 Å². The summed E-state index contributed by atoms with van der Waals surface area (Å²) in [6.07, 6.45) is 0. The third-order valence-corrected chi connectivity index (χ3v) is 3.27. The fourth-order valence-corrected chi connectivity index (χ4v) is 2.09. The number of halogens is 3. The van der Waals surface area contributed by atoms with E-state index >= 15 is 0 Å². The van der Waals surface area contributed by atoms with Crippen LogP contribution in [0.15, 0.2) is 40.9 Å². The molecule has 0 amide bonds. The van der Waals surface area contributed by atoms with E-state index in [1.54, 1.807) is 12.1 Å². The van der Waals surface area contributed by atoms with Crippen molar-refractivity contribution in [2.45, 2.75) is 6.54 Å². The van der Waals surface area contributed by atoms with Crippen molar-refractivity contribution in [3.05, 3.63) is 57.3 Å². The van der Waals surface area contributed by atoms with E-state index in [4.69, 9.17) is 17.3 Å². The van der Waals surface area contributed by atoms with E-state index < -0.39 is 5.82 Å². The fourth-order valence-electron chi connectivity index (χ4n) is 1.53. The molecule has 0 aliphatic carbocycles. The van der Waals surface area contributed by atoms with Crippen molar-refractivity contribution < 1.29 is 4.39 Å². The Morgan fingerprint density at radius 2 is 2.00 bits per heavy atom. The second kappa shape index (κ2) is 5.59. The van der Waals surface area contributed by atoms with Gasteiger partial charge in [-0.15, -0.1) is 0 Å². The molecule has 0 radical (unpaired) electrons. The molecule has 0 spiro atoms. The first kappa shape index (κ1) is 13.2. The molecule has 3 N–H and O–H groups in total. The normalized spacial score (nSPS) is 10.4. The van der Waals surface area contributed by atoms with Crippen LogP contribution in [0.4, 0.5) is 15.8 Å². The number of nitrogens with one attached hydrogen (secondary N) is 1. The standard InChI is InChI=1S/C13H11BrClFN2/c14-9-2-4-12(17)13(6-9)18-7-8-1-3-11(16)10(15)5-8/h1-6,18H,7,17H2. The van der Waals surface area contributed by atoms with Gasteiger partial charge >= 0.3 is 0 Å². The molecule has 0 saturated carbocycles. The first-order valence-electron chi connectivity index (χ1n) is 5.29. The van der Waals surface area contributed by atoms with Crippen LogP contribution in [-0.2, 0) is 6.54 Å². The highest BCUT2D eigenvalue weighted by atomic mass is 79.9. The average Bonchev–Trinajstić information content (AvgIpc) is 2.34. The molecule has 0 heterocycles. The summed E-state index contributed by atoms with van der Waals surface area (Å²) in [4.78, 5) is 0. The zero-order chi connectivity index (χ0) is 13.1. The maximum absolute atomic E-state index is 13.0. The van der Waals surface area contributed by atoms with E-state index in [2.05, 4.69) is 21.2 Å². The van der Waals surface area contributed by atoms with Crippen molar-refractivity contribution in [3.8, 4) is 0 Å². The minimum absolute atomic E-state index is 0.122. The molecule has 2 aromatic carbocycles. The van der Waals surface area contributed by atoms with Gasteiger partial charge in [0.15, 0.2) is 0 Å². The van der Waals surface area contributed by atoms with Crippen LogP contribution in [0.1, 0.15) is 5.56 Å². The molecule has 94 valence electrons. The first-order valence-corrected chi connectivity index (χ1v) is 6.46. The van der Waals surface area contributed by atoms with E-state index in [1.807, 2.05) is 18.2 Å². The molecule has 2 aromatic rings. The maximum atomic E-state index is 13.0. The van der Waals surface area contributed by atoms with Gasteiger partial charge in [0.2, 0.25) is 0 Å². The minimum atomic E-state index is -0.414. The summed E-state index contributed by atoms with van der Waals surface area (Å²) in [5.74, 6) is -0.414. The quantitative estimate of drug-likeness (QED) is 0.817. The Balaban J connectivity index is 2.11. The molecule has 0 bridgehead atoms. The Labute approximate surface area is 118 Å². The summed E-state index contributed by atoms with van der Waals surface area (Å²) in [7, 11) is 0. The topological polar surface area (TPSA) is 38.0 Å². The zero-order valence-electron chi connectivity index (χ0n) is 9.38. The number of nitrogens with two attached hydrogens (primary N) is 1. The summed E-state index contributed by atoms with van der Waals surface area (Å²) in [6, 6.07) is 10.2. The van der Waals surface area contributed by atoms with Gasteiger partial charge in [0.1, 0.15) is 5.82 Å². The van der Waals surface area contributed by atoms with Crippen molar-refractivity contribution in [1.29, 1.82) is 0 Å². The predicted octanol–water partition coefficient (Wildman–Crippen LogP) is 4.44. The summed E-state index contributed by atoms with van der Waals surface area (Å²) in [6.45, 7) is 0.528. The molecular formula is C13H11BrClFN2. The van der Waals surface area contributed by atoms with E-state index in [-0.39, 0.29) is 5.02 Å². The van der Waals surface area contributed by atoms with Gasteiger partial charge in [-0.3, -0.25) is 0 Å².